The van der Waals surface area contributed by atoms with Gasteiger partial charge in [0.1, 0.15) is 13.2 Å². The van der Waals surface area contributed by atoms with E-state index in [1.807, 2.05) is 50.2 Å². The molecule has 7 nitrogen and oxygen atoms in total. The van der Waals surface area contributed by atoms with E-state index in [1.54, 1.807) is 11.0 Å². The third kappa shape index (κ3) is 6.42. The first-order chi connectivity index (χ1) is 17.4. The number of likely N-dealkylation sites (tertiary alicyclic amines) is 1. The molecule has 0 radical (unpaired) electrons. The molecule has 2 aromatic rings. The van der Waals surface area contributed by atoms with Gasteiger partial charge in [-0.3, -0.25) is 19.3 Å². The van der Waals surface area contributed by atoms with Crippen molar-refractivity contribution in [1.29, 1.82) is 0 Å². The third-order valence-corrected chi connectivity index (χ3v) is 7.72. The molecule has 36 heavy (non-hydrogen) atoms. The van der Waals surface area contributed by atoms with Gasteiger partial charge >= 0.3 is 0 Å². The normalized spacial score (nSPS) is 17.1. The van der Waals surface area contributed by atoms with Gasteiger partial charge in [0.25, 0.3) is 11.1 Å². The summed E-state index contributed by atoms with van der Waals surface area (Å²) in [4.78, 5) is 41.2. The van der Waals surface area contributed by atoms with Gasteiger partial charge in [0, 0.05) is 13.1 Å². The number of ether oxygens (including phenoxy) is 2. The summed E-state index contributed by atoms with van der Waals surface area (Å²) < 4.78 is 12.8. The Labute approximate surface area is 229 Å². The number of rotatable bonds is 8. The molecule has 3 amide bonds. The van der Waals surface area contributed by atoms with Crippen LogP contribution in [0.4, 0.5) is 4.79 Å². The van der Waals surface area contributed by atoms with Crippen LogP contribution >= 0.6 is 34.4 Å². The zero-order valence-corrected chi connectivity index (χ0v) is 23.4. The number of carbonyl (C=O) groups is 3. The molecule has 0 saturated carbocycles. The Morgan fingerprint density at radius 1 is 1.08 bits per heavy atom. The predicted molar refractivity (Wildman–Crippen MR) is 149 cm³/mol. The fourth-order valence-electron chi connectivity index (χ4n) is 4.08. The second-order valence-corrected chi connectivity index (χ2v) is 10.9. The summed E-state index contributed by atoms with van der Waals surface area (Å²) in [5, 5.41) is -0.422. The second-order valence-electron chi connectivity index (χ2n) is 8.75. The SMILES string of the molecule is CCOc1cc(/C=C2\SC(=O)N(CC(=O)N3CCCCC3)C2=O)cc(I)c1OCc1ccc(C)cc1. The monoisotopic (exact) mass is 620 g/mol. The molecular weight excluding hydrogens is 591 g/mol. The minimum atomic E-state index is -0.442. The molecule has 0 bridgehead atoms. The van der Waals surface area contributed by atoms with Gasteiger partial charge in [-0.1, -0.05) is 29.8 Å². The van der Waals surface area contributed by atoms with E-state index in [0.29, 0.717) is 37.8 Å². The van der Waals surface area contributed by atoms with Gasteiger partial charge in [-0.25, -0.2) is 0 Å². The van der Waals surface area contributed by atoms with Gasteiger partial charge in [0.05, 0.1) is 15.1 Å². The van der Waals surface area contributed by atoms with E-state index in [9.17, 15) is 14.4 Å². The maximum atomic E-state index is 13.0. The van der Waals surface area contributed by atoms with E-state index < -0.39 is 11.1 Å². The fraction of sp³-hybridized carbons (Fsp3) is 0.370. The number of carbonyl (C=O) groups excluding carboxylic acids is 3. The van der Waals surface area contributed by atoms with Crippen LogP contribution in [0.25, 0.3) is 6.08 Å². The zero-order valence-electron chi connectivity index (χ0n) is 20.4. The number of nitrogens with zero attached hydrogens (tertiary/aromatic N) is 2. The number of aryl methyl sites for hydroxylation is 1. The molecule has 2 aliphatic rings. The molecule has 0 aliphatic carbocycles. The molecule has 0 atom stereocenters. The van der Waals surface area contributed by atoms with Crippen molar-refractivity contribution in [3.63, 3.8) is 0 Å². The smallest absolute Gasteiger partial charge is 0.294 e. The van der Waals surface area contributed by atoms with Crippen molar-refractivity contribution in [2.24, 2.45) is 0 Å². The molecule has 2 heterocycles. The first kappa shape index (κ1) is 26.5. The Hall–Kier alpha value is -2.53. The summed E-state index contributed by atoms with van der Waals surface area (Å²) in [6.45, 7) is 5.95. The van der Waals surface area contributed by atoms with Crippen LogP contribution in [0.2, 0.25) is 0 Å². The maximum absolute atomic E-state index is 13.0. The standard InChI is InChI=1S/C27H29IN2O5S/c1-3-34-22-14-20(13-21(28)25(22)35-17-19-9-7-18(2)8-10-19)15-23-26(32)30(27(33)36-23)16-24(31)29-11-5-4-6-12-29/h7-10,13-15H,3-6,11-12,16-17H2,1-2H3/b23-15-. The summed E-state index contributed by atoms with van der Waals surface area (Å²) in [5.41, 5.74) is 2.96. The molecule has 2 aromatic carbocycles. The number of hydrogen-bond acceptors (Lipinski definition) is 6. The molecule has 190 valence electrons. The van der Waals surface area contributed by atoms with Crippen molar-refractivity contribution in [2.75, 3.05) is 26.2 Å². The van der Waals surface area contributed by atoms with Crippen LogP contribution in [0.3, 0.4) is 0 Å². The van der Waals surface area contributed by atoms with Crippen molar-refractivity contribution in [2.45, 2.75) is 39.7 Å². The van der Waals surface area contributed by atoms with E-state index in [4.69, 9.17) is 9.47 Å². The third-order valence-electron chi connectivity index (χ3n) is 6.01. The predicted octanol–water partition coefficient (Wildman–Crippen LogP) is 5.63. The van der Waals surface area contributed by atoms with Gasteiger partial charge < -0.3 is 14.4 Å². The topological polar surface area (TPSA) is 76.2 Å². The summed E-state index contributed by atoms with van der Waals surface area (Å²) >= 11 is 3.04. The number of thioether (sulfide) groups is 1. The van der Waals surface area contributed by atoms with Crippen molar-refractivity contribution < 1.29 is 23.9 Å². The van der Waals surface area contributed by atoms with Crippen LogP contribution in [-0.4, -0.2) is 53.1 Å². The van der Waals surface area contributed by atoms with Crippen LogP contribution in [0.15, 0.2) is 41.3 Å². The van der Waals surface area contributed by atoms with Gasteiger partial charge in [0.15, 0.2) is 11.5 Å². The molecule has 9 heteroatoms. The summed E-state index contributed by atoms with van der Waals surface area (Å²) in [7, 11) is 0. The first-order valence-electron chi connectivity index (χ1n) is 12.0. The number of amides is 3. The van der Waals surface area contributed by atoms with E-state index in [1.165, 1.54) is 5.56 Å². The highest BCUT2D eigenvalue weighted by Gasteiger charge is 2.37. The van der Waals surface area contributed by atoms with Crippen LogP contribution in [0, 0.1) is 10.5 Å². The Morgan fingerprint density at radius 2 is 1.81 bits per heavy atom. The first-order valence-corrected chi connectivity index (χ1v) is 13.9. The Bertz CT molecular complexity index is 1180. The van der Waals surface area contributed by atoms with Crippen LogP contribution in [0.1, 0.15) is 42.9 Å². The summed E-state index contributed by atoms with van der Waals surface area (Å²) in [6.07, 6.45) is 4.69. The fourth-order valence-corrected chi connectivity index (χ4v) is 5.70. The highest BCUT2D eigenvalue weighted by molar-refractivity contribution is 14.1. The van der Waals surface area contributed by atoms with E-state index in [0.717, 1.165) is 50.6 Å². The number of imide groups is 1. The zero-order chi connectivity index (χ0) is 25.7. The van der Waals surface area contributed by atoms with Crippen LogP contribution < -0.4 is 9.47 Å². The van der Waals surface area contributed by atoms with E-state index in [2.05, 4.69) is 22.6 Å². The van der Waals surface area contributed by atoms with Gasteiger partial charge in [-0.15, -0.1) is 0 Å². The Balaban J connectivity index is 1.50. The van der Waals surface area contributed by atoms with Crippen molar-refractivity contribution in [3.05, 3.63) is 61.6 Å². The molecule has 2 saturated heterocycles. The van der Waals surface area contributed by atoms with Crippen molar-refractivity contribution >= 4 is 57.5 Å². The molecule has 2 aliphatic heterocycles. The lowest BCUT2D eigenvalue weighted by molar-refractivity contribution is -0.136. The number of benzene rings is 2. The molecule has 4 rings (SSSR count). The number of halogens is 1. The van der Waals surface area contributed by atoms with E-state index in [-0.39, 0.29) is 17.4 Å². The van der Waals surface area contributed by atoms with Crippen LogP contribution in [-0.2, 0) is 16.2 Å². The summed E-state index contributed by atoms with van der Waals surface area (Å²) in [6, 6.07) is 11.8. The van der Waals surface area contributed by atoms with Crippen LogP contribution in [0.5, 0.6) is 11.5 Å². The Kier molecular flexibility index (Phi) is 8.95. The number of hydrogen-bond donors (Lipinski definition) is 0. The average Bonchev–Trinajstić information content (AvgIpc) is 3.12. The minimum Gasteiger partial charge on any atom is -0.490 e. The van der Waals surface area contributed by atoms with Gasteiger partial charge in [-0.05, 0) is 96.8 Å². The molecule has 0 aromatic heterocycles. The maximum Gasteiger partial charge on any atom is 0.294 e. The molecule has 0 N–H and O–H groups in total. The second kappa shape index (κ2) is 12.1. The van der Waals surface area contributed by atoms with Gasteiger partial charge in [0.2, 0.25) is 5.91 Å². The number of piperidine rings is 1. The quantitative estimate of drug-likeness (QED) is 0.282. The lowest BCUT2D eigenvalue weighted by atomic mass is 10.1. The summed E-state index contributed by atoms with van der Waals surface area (Å²) in [5.74, 6) is 0.585. The average molecular weight is 621 g/mol. The minimum absolute atomic E-state index is 0.179. The highest BCUT2D eigenvalue weighted by Crippen LogP contribution is 2.38. The lowest BCUT2D eigenvalue weighted by Crippen LogP contribution is -2.44. The largest absolute Gasteiger partial charge is 0.490 e. The highest BCUT2D eigenvalue weighted by atomic mass is 127. The lowest BCUT2D eigenvalue weighted by Gasteiger charge is -2.27. The van der Waals surface area contributed by atoms with Crippen molar-refractivity contribution in [3.8, 4) is 11.5 Å². The molecule has 0 unspecified atom stereocenters. The van der Waals surface area contributed by atoms with Crippen molar-refractivity contribution in [1.82, 2.24) is 9.80 Å². The van der Waals surface area contributed by atoms with E-state index >= 15 is 0 Å². The molecular formula is C27H29IN2O5S. The Morgan fingerprint density at radius 3 is 2.50 bits per heavy atom. The van der Waals surface area contributed by atoms with Gasteiger partial charge in [-0.2, -0.15) is 0 Å². The molecule has 2 fully saturated rings. The molecule has 0 spiro atoms.